The number of nitrogens with one attached hydrogen (secondary N) is 2. The van der Waals surface area contributed by atoms with Crippen LogP contribution in [0.2, 0.25) is 0 Å². The predicted octanol–water partition coefficient (Wildman–Crippen LogP) is 3.17. The monoisotopic (exact) mass is 514 g/mol. The molecule has 1 saturated heterocycles. The van der Waals surface area contributed by atoms with Crippen LogP contribution in [0.15, 0.2) is 35.3 Å². The van der Waals surface area contributed by atoms with Gasteiger partial charge in [0.1, 0.15) is 0 Å². The second-order valence-electron chi connectivity index (χ2n) is 7.79. The third-order valence-electron chi connectivity index (χ3n) is 5.67. The fourth-order valence-electron chi connectivity index (χ4n) is 4.08. The van der Waals surface area contributed by atoms with Crippen molar-refractivity contribution in [2.75, 3.05) is 33.3 Å². The zero-order chi connectivity index (χ0) is 19.6. The van der Waals surface area contributed by atoms with Gasteiger partial charge in [-0.05, 0) is 24.8 Å². The number of nitrogens with zero attached hydrogens (tertiary/aromatic N) is 2. The molecule has 1 aromatic carbocycles. The molecule has 3 rings (SSSR count). The summed E-state index contributed by atoms with van der Waals surface area (Å²) in [5.74, 6) is 1.40. The highest BCUT2D eigenvalue weighted by Crippen LogP contribution is 2.26. The van der Waals surface area contributed by atoms with Crippen LogP contribution in [0.4, 0.5) is 0 Å². The van der Waals surface area contributed by atoms with Crippen molar-refractivity contribution in [3.8, 4) is 0 Å². The first-order valence-electron chi connectivity index (χ1n) is 10.6. The van der Waals surface area contributed by atoms with Gasteiger partial charge in [0.25, 0.3) is 0 Å². The van der Waals surface area contributed by atoms with Crippen LogP contribution in [0, 0.1) is 5.92 Å². The summed E-state index contributed by atoms with van der Waals surface area (Å²) >= 11 is 0. The smallest absolute Gasteiger partial charge is 0.225 e. The molecule has 29 heavy (non-hydrogen) atoms. The van der Waals surface area contributed by atoms with E-state index in [1.165, 1.54) is 24.8 Å². The van der Waals surface area contributed by atoms with Crippen LogP contribution in [0.25, 0.3) is 0 Å². The molecule has 6 nitrogen and oxygen atoms in total. The fraction of sp³-hybridized carbons (Fsp3) is 0.636. The molecule has 0 aromatic heterocycles. The minimum atomic E-state index is 0. The molecule has 0 spiro atoms. The summed E-state index contributed by atoms with van der Waals surface area (Å²) < 4.78 is 5.70. The van der Waals surface area contributed by atoms with Crippen molar-refractivity contribution in [3.05, 3.63) is 35.9 Å². The highest BCUT2D eigenvalue weighted by Gasteiger charge is 2.31. The minimum absolute atomic E-state index is 0. The Morgan fingerprint density at radius 3 is 2.66 bits per heavy atom. The molecular formula is C22H35IN4O2. The van der Waals surface area contributed by atoms with Crippen LogP contribution in [-0.2, 0) is 16.1 Å². The lowest BCUT2D eigenvalue weighted by atomic mass is 9.88. The molecule has 1 atom stereocenters. The second-order valence-corrected chi connectivity index (χ2v) is 7.79. The van der Waals surface area contributed by atoms with E-state index in [0.29, 0.717) is 25.7 Å². The molecule has 1 heterocycles. The van der Waals surface area contributed by atoms with Gasteiger partial charge >= 0.3 is 0 Å². The molecule has 2 aliphatic rings. The Labute approximate surface area is 191 Å². The number of aliphatic imine (C=N–C) groups is 1. The number of carbonyl (C=O) groups is 1. The van der Waals surface area contributed by atoms with Crippen molar-refractivity contribution in [2.24, 2.45) is 10.9 Å². The average Bonchev–Trinajstić information content (AvgIpc) is 3.22. The molecule has 1 aliphatic carbocycles. The molecule has 0 bridgehead atoms. The van der Waals surface area contributed by atoms with Gasteiger partial charge < -0.3 is 20.3 Å². The Bertz CT molecular complexity index is 635. The van der Waals surface area contributed by atoms with Gasteiger partial charge in [0.05, 0.1) is 13.2 Å². The number of rotatable bonds is 7. The van der Waals surface area contributed by atoms with Gasteiger partial charge in [-0.25, -0.2) is 0 Å². The van der Waals surface area contributed by atoms with Crippen molar-refractivity contribution < 1.29 is 9.53 Å². The number of hydrogen-bond donors (Lipinski definition) is 2. The Kier molecular flexibility index (Phi) is 10.8. The first-order chi connectivity index (χ1) is 13.8. The van der Waals surface area contributed by atoms with Gasteiger partial charge in [-0.1, -0.05) is 49.6 Å². The van der Waals surface area contributed by atoms with Crippen molar-refractivity contribution in [3.63, 3.8) is 0 Å². The molecule has 1 aromatic rings. The number of ether oxygens (including phenoxy) is 1. The van der Waals surface area contributed by atoms with E-state index in [1.54, 1.807) is 7.05 Å². The van der Waals surface area contributed by atoms with Gasteiger partial charge in [0, 0.05) is 38.6 Å². The molecule has 1 amide bonds. The number of amides is 1. The van der Waals surface area contributed by atoms with Gasteiger partial charge in [-0.15, -0.1) is 24.0 Å². The van der Waals surface area contributed by atoms with Gasteiger partial charge in [-0.3, -0.25) is 9.79 Å². The zero-order valence-corrected chi connectivity index (χ0v) is 19.8. The number of guanidine groups is 1. The van der Waals surface area contributed by atoms with Gasteiger partial charge in [0.2, 0.25) is 5.91 Å². The topological polar surface area (TPSA) is 66.0 Å². The molecule has 0 radical (unpaired) electrons. The SMILES string of the molecule is CN=C(NCCOCc1ccccc1)NC1CCN(C(=O)C2CCCCC2)C1.I. The first-order valence-corrected chi connectivity index (χ1v) is 10.6. The molecule has 7 heteroatoms. The zero-order valence-electron chi connectivity index (χ0n) is 17.4. The summed E-state index contributed by atoms with van der Waals surface area (Å²) in [7, 11) is 1.78. The van der Waals surface area contributed by atoms with Gasteiger partial charge in [0.15, 0.2) is 5.96 Å². The fourth-order valence-corrected chi connectivity index (χ4v) is 4.08. The predicted molar refractivity (Wildman–Crippen MR) is 128 cm³/mol. The summed E-state index contributed by atoms with van der Waals surface area (Å²) in [6.45, 7) is 3.57. The van der Waals surface area contributed by atoms with E-state index in [4.69, 9.17) is 4.74 Å². The maximum absolute atomic E-state index is 12.7. The van der Waals surface area contributed by atoms with E-state index in [9.17, 15) is 4.79 Å². The summed E-state index contributed by atoms with van der Waals surface area (Å²) in [6.07, 6.45) is 6.80. The number of hydrogen-bond acceptors (Lipinski definition) is 3. The van der Waals surface area contributed by atoms with E-state index in [0.717, 1.165) is 38.3 Å². The highest BCUT2D eigenvalue weighted by molar-refractivity contribution is 14.0. The Balaban J connectivity index is 0.00000300. The number of carbonyl (C=O) groups excluding carboxylic acids is 1. The Hall–Kier alpha value is -1.35. The Morgan fingerprint density at radius 2 is 1.93 bits per heavy atom. The van der Waals surface area contributed by atoms with Crippen LogP contribution < -0.4 is 10.6 Å². The minimum Gasteiger partial charge on any atom is -0.375 e. The van der Waals surface area contributed by atoms with Crippen LogP contribution in [0.5, 0.6) is 0 Å². The third kappa shape index (κ3) is 7.77. The summed E-state index contributed by atoms with van der Waals surface area (Å²) in [4.78, 5) is 19.0. The quantitative estimate of drug-likeness (QED) is 0.254. The van der Waals surface area contributed by atoms with Gasteiger partial charge in [-0.2, -0.15) is 0 Å². The van der Waals surface area contributed by atoms with Crippen LogP contribution >= 0.6 is 24.0 Å². The van der Waals surface area contributed by atoms with E-state index in [1.807, 2.05) is 23.1 Å². The molecule has 1 unspecified atom stereocenters. The lowest BCUT2D eigenvalue weighted by Crippen LogP contribution is -2.46. The van der Waals surface area contributed by atoms with Crippen LogP contribution in [0.1, 0.15) is 44.1 Å². The van der Waals surface area contributed by atoms with E-state index in [-0.39, 0.29) is 35.9 Å². The van der Waals surface area contributed by atoms with E-state index in [2.05, 4.69) is 27.8 Å². The Morgan fingerprint density at radius 1 is 1.17 bits per heavy atom. The molecule has 1 aliphatic heterocycles. The summed E-state index contributed by atoms with van der Waals surface area (Å²) in [5.41, 5.74) is 1.18. The number of halogens is 1. The molecule has 2 fully saturated rings. The van der Waals surface area contributed by atoms with E-state index < -0.39 is 0 Å². The van der Waals surface area contributed by atoms with Crippen molar-refractivity contribution in [1.29, 1.82) is 0 Å². The first kappa shape index (κ1) is 23.9. The lowest BCUT2D eigenvalue weighted by Gasteiger charge is -2.26. The molecule has 1 saturated carbocycles. The standard InChI is InChI=1S/C22H34N4O2.HI/c1-23-22(24-13-15-28-17-18-8-4-2-5-9-18)25-20-12-14-26(16-20)21(27)19-10-6-3-7-11-19;/h2,4-5,8-9,19-20H,3,6-7,10-17H2,1H3,(H2,23,24,25);1H. The normalized spacial score (nSPS) is 20.2. The highest BCUT2D eigenvalue weighted by atomic mass is 127. The lowest BCUT2D eigenvalue weighted by molar-refractivity contribution is -0.135. The average molecular weight is 514 g/mol. The second kappa shape index (κ2) is 13.1. The van der Waals surface area contributed by atoms with Crippen molar-refractivity contribution >= 4 is 35.8 Å². The summed E-state index contributed by atoms with van der Waals surface area (Å²) in [5, 5.41) is 6.75. The molecule has 2 N–H and O–H groups in total. The third-order valence-corrected chi connectivity index (χ3v) is 5.67. The maximum Gasteiger partial charge on any atom is 0.225 e. The largest absolute Gasteiger partial charge is 0.375 e. The summed E-state index contributed by atoms with van der Waals surface area (Å²) in [6, 6.07) is 10.4. The van der Waals surface area contributed by atoms with E-state index >= 15 is 0 Å². The van der Waals surface area contributed by atoms with Crippen LogP contribution in [-0.4, -0.2) is 56.1 Å². The van der Waals surface area contributed by atoms with Crippen molar-refractivity contribution in [1.82, 2.24) is 15.5 Å². The molecule has 162 valence electrons. The number of benzene rings is 1. The van der Waals surface area contributed by atoms with Crippen LogP contribution in [0.3, 0.4) is 0 Å². The molecular weight excluding hydrogens is 479 g/mol. The number of likely N-dealkylation sites (tertiary alicyclic amines) is 1. The maximum atomic E-state index is 12.7. The van der Waals surface area contributed by atoms with Crippen molar-refractivity contribution in [2.45, 2.75) is 51.2 Å².